The number of carbonyl (C=O) groups is 2. The number of anilines is 2. The predicted molar refractivity (Wildman–Crippen MR) is 116 cm³/mol. The van der Waals surface area contributed by atoms with Gasteiger partial charge in [0.05, 0.1) is 0 Å². The lowest BCUT2D eigenvalue weighted by Gasteiger charge is -2.19. The molecule has 0 aliphatic carbocycles. The first kappa shape index (κ1) is 23.5. The van der Waals surface area contributed by atoms with Crippen LogP contribution in [0.5, 0.6) is 5.75 Å². The summed E-state index contributed by atoms with van der Waals surface area (Å²) in [7, 11) is 3.04. The van der Waals surface area contributed by atoms with E-state index in [0.29, 0.717) is 17.9 Å². The highest BCUT2D eigenvalue weighted by Gasteiger charge is 2.22. The van der Waals surface area contributed by atoms with E-state index >= 15 is 0 Å². The van der Waals surface area contributed by atoms with Crippen molar-refractivity contribution in [3.8, 4) is 5.75 Å². The minimum absolute atomic E-state index is 0.0236. The summed E-state index contributed by atoms with van der Waals surface area (Å²) in [6, 6.07) is 10.0. The molecule has 0 aliphatic rings. The molecular formula is C21H25F2N3O3S. The first-order valence-corrected chi connectivity index (χ1v) is 10.6. The molecular weight excluding hydrogens is 412 g/mol. The second-order valence-electron chi connectivity index (χ2n) is 6.68. The number of carbonyl (C=O) groups excluding carboxylic acids is 2. The molecule has 0 aliphatic heterocycles. The Hall–Kier alpha value is -2.81. The van der Waals surface area contributed by atoms with Gasteiger partial charge in [0.15, 0.2) is 18.2 Å². The van der Waals surface area contributed by atoms with Gasteiger partial charge in [-0.05, 0) is 42.7 Å². The average molecular weight is 438 g/mol. The van der Waals surface area contributed by atoms with Crippen molar-refractivity contribution < 1.29 is 23.1 Å². The first-order chi connectivity index (χ1) is 14.3. The van der Waals surface area contributed by atoms with E-state index in [1.54, 1.807) is 24.3 Å². The number of hydrogen-bond acceptors (Lipinski definition) is 5. The SMILES string of the molecule is CSCCC(NC(=O)COc1ccccc1)C(=O)Nc1cc(F)c(N(C)C)c(F)c1. The van der Waals surface area contributed by atoms with Crippen molar-refractivity contribution in [3.05, 3.63) is 54.1 Å². The van der Waals surface area contributed by atoms with E-state index < -0.39 is 29.5 Å². The van der Waals surface area contributed by atoms with Crippen LogP contribution in [-0.4, -0.2) is 50.6 Å². The summed E-state index contributed by atoms with van der Waals surface area (Å²) in [5.74, 6) is -1.48. The molecule has 0 saturated heterocycles. The van der Waals surface area contributed by atoms with E-state index in [4.69, 9.17) is 4.74 Å². The maximum Gasteiger partial charge on any atom is 0.258 e. The van der Waals surface area contributed by atoms with Gasteiger partial charge >= 0.3 is 0 Å². The summed E-state index contributed by atoms with van der Waals surface area (Å²) in [6.45, 7) is -0.256. The van der Waals surface area contributed by atoms with Gasteiger partial charge in [0.1, 0.15) is 17.5 Å². The topological polar surface area (TPSA) is 70.7 Å². The van der Waals surface area contributed by atoms with Crippen LogP contribution < -0.4 is 20.3 Å². The van der Waals surface area contributed by atoms with Gasteiger partial charge in [-0.2, -0.15) is 11.8 Å². The zero-order valence-electron chi connectivity index (χ0n) is 17.1. The van der Waals surface area contributed by atoms with Gasteiger partial charge in [-0.1, -0.05) is 18.2 Å². The van der Waals surface area contributed by atoms with Crippen LogP contribution in [0.25, 0.3) is 0 Å². The van der Waals surface area contributed by atoms with Crippen LogP contribution in [0.4, 0.5) is 20.2 Å². The van der Waals surface area contributed by atoms with Crippen LogP contribution in [-0.2, 0) is 9.59 Å². The van der Waals surface area contributed by atoms with E-state index in [-0.39, 0.29) is 18.0 Å². The third kappa shape index (κ3) is 6.91. The maximum absolute atomic E-state index is 14.2. The van der Waals surface area contributed by atoms with E-state index in [1.807, 2.05) is 12.3 Å². The Bertz CT molecular complexity index is 843. The molecule has 162 valence electrons. The Morgan fingerprint density at radius 1 is 1.13 bits per heavy atom. The number of benzene rings is 2. The largest absolute Gasteiger partial charge is 0.484 e. The Labute approximate surface area is 179 Å². The highest BCUT2D eigenvalue weighted by Crippen LogP contribution is 2.25. The number of nitrogens with zero attached hydrogens (tertiary/aromatic N) is 1. The lowest BCUT2D eigenvalue weighted by atomic mass is 10.2. The lowest BCUT2D eigenvalue weighted by molar-refractivity contribution is -0.127. The molecule has 9 heteroatoms. The zero-order valence-corrected chi connectivity index (χ0v) is 17.9. The van der Waals surface area contributed by atoms with Crippen LogP contribution in [0.2, 0.25) is 0 Å². The number of para-hydroxylation sites is 1. The molecule has 0 heterocycles. The van der Waals surface area contributed by atoms with Crippen molar-refractivity contribution in [2.45, 2.75) is 12.5 Å². The summed E-state index contributed by atoms with van der Waals surface area (Å²) < 4.78 is 33.7. The second kappa shape index (κ2) is 11.4. The van der Waals surface area contributed by atoms with Gasteiger partial charge in [0.2, 0.25) is 5.91 Å². The average Bonchev–Trinajstić information content (AvgIpc) is 2.69. The molecule has 0 radical (unpaired) electrons. The van der Waals surface area contributed by atoms with Gasteiger partial charge in [0, 0.05) is 19.8 Å². The molecule has 2 rings (SSSR count). The summed E-state index contributed by atoms with van der Waals surface area (Å²) in [5, 5.41) is 5.09. The van der Waals surface area contributed by atoms with Crippen LogP contribution in [0, 0.1) is 11.6 Å². The molecule has 2 N–H and O–H groups in total. The van der Waals surface area contributed by atoms with E-state index in [9.17, 15) is 18.4 Å². The molecule has 30 heavy (non-hydrogen) atoms. The van der Waals surface area contributed by atoms with Crippen molar-refractivity contribution in [2.24, 2.45) is 0 Å². The standard InChI is InChI=1S/C21H25F2N3O3S/c1-26(2)20-16(22)11-14(12-17(20)23)24-21(28)18(9-10-30-3)25-19(27)13-29-15-7-5-4-6-8-15/h4-8,11-12,18H,9-10,13H2,1-3H3,(H,24,28)(H,25,27). The van der Waals surface area contributed by atoms with Crippen molar-refractivity contribution in [3.63, 3.8) is 0 Å². The molecule has 0 fully saturated rings. The fraction of sp³-hybridized carbons (Fsp3) is 0.333. The Kier molecular flexibility index (Phi) is 8.91. The number of rotatable bonds is 10. The van der Waals surface area contributed by atoms with Gasteiger partial charge in [-0.15, -0.1) is 0 Å². The number of hydrogen-bond donors (Lipinski definition) is 2. The molecule has 0 bridgehead atoms. The molecule has 6 nitrogen and oxygen atoms in total. The van der Waals surface area contributed by atoms with Gasteiger partial charge in [-0.25, -0.2) is 8.78 Å². The molecule has 0 aromatic heterocycles. The van der Waals surface area contributed by atoms with E-state index in [0.717, 1.165) is 12.1 Å². The molecule has 0 saturated carbocycles. The zero-order chi connectivity index (χ0) is 22.1. The van der Waals surface area contributed by atoms with Gasteiger partial charge in [-0.3, -0.25) is 9.59 Å². The molecule has 2 aromatic rings. The monoisotopic (exact) mass is 437 g/mol. The summed E-state index contributed by atoms with van der Waals surface area (Å²) in [4.78, 5) is 26.2. The van der Waals surface area contributed by atoms with Crippen LogP contribution in [0.15, 0.2) is 42.5 Å². The van der Waals surface area contributed by atoms with Crippen molar-refractivity contribution in [1.29, 1.82) is 0 Å². The molecule has 0 spiro atoms. The Balaban J connectivity index is 2.03. The van der Waals surface area contributed by atoms with Crippen molar-refractivity contribution in [2.75, 3.05) is 42.9 Å². The van der Waals surface area contributed by atoms with Gasteiger partial charge < -0.3 is 20.3 Å². The first-order valence-electron chi connectivity index (χ1n) is 9.25. The minimum atomic E-state index is -0.871. The normalized spacial score (nSPS) is 11.5. The number of amides is 2. The summed E-state index contributed by atoms with van der Waals surface area (Å²) >= 11 is 1.51. The van der Waals surface area contributed by atoms with Crippen LogP contribution in [0.1, 0.15) is 6.42 Å². The summed E-state index contributed by atoms with van der Waals surface area (Å²) in [6.07, 6.45) is 2.23. The van der Waals surface area contributed by atoms with Gasteiger partial charge in [0.25, 0.3) is 5.91 Å². The second-order valence-corrected chi connectivity index (χ2v) is 7.66. The van der Waals surface area contributed by atoms with Crippen molar-refractivity contribution in [1.82, 2.24) is 5.32 Å². The molecule has 2 aromatic carbocycles. The number of nitrogens with one attached hydrogen (secondary N) is 2. The quantitative estimate of drug-likeness (QED) is 0.597. The molecule has 2 amide bonds. The van der Waals surface area contributed by atoms with E-state index in [2.05, 4.69) is 10.6 Å². The predicted octanol–water partition coefficient (Wildman–Crippen LogP) is 3.29. The lowest BCUT2D eigenvalue weighted by Crippen LogP contribution is -2.45. The Morgan fingerprint density at radius 3 is 2.33 bits per heavy atom. The third-order valence-electron chi connectivity index (χ3n) is 4.11. The third-order valence-corrected chi connectivity index (χ3v) is 4.75. The van der Waals surface area contributed by atoms with Crippen molar-refractivity contribution >= 4 is 35.0 Å². The smallest absolute Gasteiger partial charge is 0.258 e. The highest BCUT2D eigenvalue weighted by molar-refractivity contribution is 7.98. The number of ether oxygens (including phenoxy) is 1. The fourth-order valence-electron chi connectivity index (χ4n) is 2.70. The molecule has 1 unspecified atom stereocenters. The molecule has 1 atom stereocenters. The summed E-state index contributed by atoms with van der Waals surface area (Å²) in [5.41, 5.74) is -0.220. The maximum atomic E-state index is 14.2. The fourth-order valence-corrected chi connectivity index (χ4v) is 3.17. The van der Waals surface area contributed by atoms with Crippen LogP contribution >= 0.6 is 11.8 Å². The highest BCUT2D eigenvalue weighted by atomic mass is 32.2. The van der Waals surface area contributed by atoms with Crippen LogP contribution in [0.3, 0.4) is 0 Å². The number of halogens is 2. The Morgan fingerprint density at radius 2 is 1.77 bits per heavy atom. The van der Waals surface area contributed by atoms with E-state index in [1.165, 1.54) is 30.8 Å². The minimum Gasteiger partial charge on any atom is -0.484 e. The number of thioether (sulfide) groups is 1.